The van der Waals surface area contributed by atoms with Crippen LogP contribution in [-0.4, -0.2) is 32.9 Å². The molecule has 0 atom stereocenters. The first-order valence-corrected chi connectivity index (χ1v) is 7.02. The molecule has 2 amide bonds. The van der Waals surface area contributed by atoms with Crippen LogP contribution in [0, 0.1) is 0 Å². The third-order valence-corrected chi connectivity index (χ3v) is 3.46. The zero-order valence-electron chi connectivity index (χ0n) is 12.0. The quantitative estimate of drug-likeness (QED) is 0.400. The lowest BCUT2D eigenvalue weighted by atomic mass is 10.1. The molecule has 2 heterocycles. The van der Waals surface area contributed by atoms with Crippen LogP contribution in [0.4, 0.5) is 0 Å². The molecular formula is C15H17N3O2S. The Morgan fingerprint density at radius 3 is 2.71 bits per heavy atom. The number of carbonyl (C=O) groups excluding carboxylic acids is 2. The number of amides is 2. The number of carbonyl (C=O) groups is 2. The summed E-state index contributed by atoms with van der Waals surface area (Å²) in [6.45, 7) is 7.96. The first-order chi connectivity index (χ1) is 9.93. The number of hydrogen-bond acceptors (Lipinski definition) is 3. The zero-order chi connectivity index (χ0) is 15.6. The van der Waals surface area contributed by atoms with E-state index in [9.17, 15) is 9.59 Å². The Hall–Kier alpha value is -2.21. The lowest BCUT2D eigenvalue weighted by Crippen LogP contribution is -2.53. The molecule has 0 spiro atoms. The monoisotopic (exact) mass is 303 g/mol. The van der Waals surface area contributed by atoms with E-state index in [1.807, 2.05) is 23.0 Å². The number of nitrogens with one attached hydrogen (secondary N) is 1. The first kappa shape index (κ1) is 15.2. The van der Waals surface area contributed by atoms with E-state index < -0.39 is 11.8 Å². The Balaban J connectivity index is 2.33. The van der Waals surface area contributed by atoms with E-state index in [1.54, 1.807) is 12.2 Å². The molecule has 1 aromatic heterocycles. The SMILES string of the molecule is C=CCN1C(=O)/C(=C/c2ccn(C(C)C)c2)C(=O)NC1=S. The van der Waals surface area contributed by atoms with Crippen molar-refractivity contribution in [2.75, 3.05) is 6.54 Å². The van der Waals surface area contributed by atoms with Crippen molar-refractivity contribution in [2.45, 2.75) is 19.9 Å². The fourth-order valence-corrected chi connectivity index (χ4v) is 2.24. The van der Waals surface area contributed by atoms with Gasteiger partial charge in [0.05, 0.1) is 0 Å². The van der Waals surface area contributed by atoms with Crippen LogP contribution in [0.5, 0.6) is 0 Å². The van der Waals surface area contributed by atoms with E-state index in [1.165, 1.54) is 4.90 Å². The van der Waals surface area contributed by atoms with Crippen molar-refractivity contribution in [1.29, 1.82) is 0 Å². The third kappa shape index (κ3) is 3.11. The minimum atomic E-state index is -0.470. The van der Waals surface area contributed by atoms with Crippen LogP contribution in [0.1, 0.15) is 25.5 Å². The second-order valence-electron chi connectivity index (χ2n) is 5.01. The molecule has 21 heavy (non-hydrogen) atoms. The van der Waals surface area contributed by atoms with Crippen molar-refractivity contribution >= 4 is 35.2 Å². The van der Waals surface area contributed by atoms with Crippen LogP contribution < -0.4 is 5.32 Å². The van der Waals surface area contributed by atoms with Gasteiger partial charge in [0.2, 0.25) is 0 Å². The molecule has 1 aliphatic heterocycles. The van der Waals surface area contributed by atoms with Crippen molar-refractivity contribution in [3.8, 4) is 0 Å². The van der Waals surface area contributed by atoms with Crippen LogP contribution in [0.2, 0.25) is 0 Å². The maximum atomic E-state index is 12.3. The van der Waals surface area contributed by atoms with Gasteiger partial charge in [-0.3, -0.25) is 19.8 Å². The predicted molar refractivity (Wildman–Crippen MR) is 85.4 cm³/mol. The second-order valence-corrected chi connectivity index (χ2v) is 5.39. The predicted octanol–water partition coefficient (Wildman–Crippen LogP) is 1.88. The summed E-state index contributed by atoms with van der Waals surface area (Å²) < 4.78 is 2.00. The Kier molecular flexibility index (Phi) is 4.37. The third-order valence-electron chi connectivity index (χ3n) is 3.14. The molecular weight excluding hydrogens is 286 g/mol. The number of thiocarbonyl (C=S) groups is 1. The topological polar surface area (TPSA) is 54.3 Å². The number of hydrogen-bond donors (Lipinski definition) is 1. The fourth-order valence-electron chi connectivity index (χ4n) is 1.99. The van der Waals surface area contributed by atoms with Crippen LogP contribution in [0.3, 0.4) is 0 Å². The highest BCUT2D eigenvalue weighted by atomic mass is 32.1. The van der Waals surface area contributed by atoms with Gasteiger partial charge in [-0.15, -0.1) is 6.58 Å². The molecule has 0 saturated carbocycles. The Morgan fingerprint density at radius 1 is 1.43 bits per heavy atom. The minimum Gasteiger partial charge on any atom is -0.351 e. The summed E-state index contributed by atoms with van der Waals surface area (Å²) in [4.78, 5) is 25.6. The maximum absolute atomic E-state index is 12.3. The molecule has 5 nitrogen and oxygen atoms in total. The molecule has 0 aliphatic carbocycles. The van der Waals surface area contributed by atoms with Crippen molar-refractivity contribution < 1.29 is 9.59 Å². The summed E-state index contributed by atoms with van der Waals surface area (Å²) >= 11 is 5.00. The Labute approximate surface area is 128 Å². The van der Waals surface area contributed by atoms with Crippen LogP contribution in [0.15, 0.2) is 36.7 Å². The highest BCUT2D eigenvalue weighted by Crippen LogP contribution is 2.16. The van der Waals surface area contributed by atoms with Gasteiger partial charge in [-0.1, -0.05) is 6.08 Å². The van der Waals surface area contributed by atoms with E-state index in [-0.39, 0.29) is 17.2 Å². The number of rotatable bonds is 4. The molecule has 6 heteroatoms. The summed E-state index contributed by atoms with van der Waals surface area (Å²) in [5, 5.41) is 2.63. The van der Waals surface area contributed by atoms with Gasteiger partial charge in [-0.2, -0.15) is 0 Å². The average molecular weight is 303 g/mol. The van der Waals surface area contributed by atoms with Crippen LogP contribution in [-0.2, 0) is 9.59 Å². The molecule has 0 radical (unpaired) electrons. The van der Waals surface area contributed by atoms with Crippen molar-refractivity contribution in [1.82, 2.24) is 14.8 Å². The summed E-state index contributed by atoms with van der Waals surface area (Å²) in [5.41, 5.74) is 0.875. The van der Waals surface area contributed by atoms with Gasteiger partial charge < -0.3 is 4.57 Å². The molecule has 2 rings (SSSR count). The largest absolute Gasteiger partial charge is 0.351 e. The first-order valence-electron chi connectivity index (χ1n) is 6.61. The Morgan fingerprint density at radius 2 is 2.14 bits per heavy atom. The minimum absolute atomic E-state index is 0.0759. The van der Waals surface area contributed by atoms with Gasteiger partial charge >= 0.3 is 0 Å². The molecule has 110 valence electrons. The summed E-state index contributed by atoms with van der Waals surface area (Å²) in [6.07, 6.45) is 6.94. The molecule has 1 aromatic rings. The molecule has 0 bridgehead atoms. The lowest BCUT2D eigenvalue weighted by Gasteiger charge is -2.27. The summed E-state index contributed by atoms with van der Waals surface area (Å²) in [7, 11) is 0. The molecule has 1 saturated heterocycles. The van der Waals surface area contributed by atoms with E-state index in [0.717, 1.165) is 5.56 Å². The highest BCUT2D eigenvalue weighted by molar-refractivity contribution is 7.80. The summed E-state index contributed by atoms with van der Waals surface area (Å²) in [5.74, 6) is -0.872. The molecule has 1 fully saturated rings. The van der Waals surface area contributed by atoms with Gasteiger partial charge in [0.1, 0.15) is 5.57 Å². The van der Waals surface area contributed by atoms with Crippen molar-refractivity contribution in [3.63, 3.8) is 0 Å². The van der Waals surface area contributed by atoms with Gasteiger partial charge in [-0.25, -0.2) is 0 Å². The summed E-state index contributed by atoms with van der Waals surface area (Å²) in [6, 6.07) is 2.18. The van der Waals surface area contributed by atoms with Gasteiger partial charge in [-0.05, 0) is 43.8 Å². The standard InChI is InChI=1S/C15H17N3O2S/c1-4-6-18-14(20)12(13(19)16-15(18)21)8-11-5-7-17(9-11)10(2)3/h4-5,7-10H,1,6H2,2-3H3,(H,16,19,21)/b12-8+. The second kappa shape index (κ2) is 6.05. The van der Waals surface area contributed by atoms with E-state index in [4.69, 9.17) is 12.2 Å². The molecule has 0 unspecified atom stereocenters. The molecule has 1 aliphatic rings. The van der Waals surface area contributed by atoms with E-state index >= 15 is 0 Å². The van der Waals surface area contributed by atoms with E-state index in [2.05, 4.69) is 25.7 Å². The van der Waals surface area contributed by atoms with Crippen LogP contribution >= 0.6 is 12.2 Å². The number of nitrogens with zero attached hydrogens (tertiary/aromatic N) is 2. The van der Waals surface area contributed by atoms with Gasteiger partial charge in [0.25, 0.3) is 11.8 Å². The van der Waals surface area contributed by atoms with Crippen LogP contribution in [0.25, 0.3) is 6.08 Å². The highest BCUT2D eigenvalue weighted by Gasteiger charge is 2.32. The number of aromatic nitrogens is 1. The lowest BCUT2D eigenvalue weighted by molar-refractivity contribution is -0.128. The average Bonchev–Trinajstić information content (AvgIpc) is 2.88. The Bertz CT molecular complexity index is 643. The van der Waals surface area contributed by atoms with Gasteiger partial charge in [0.15, 0.2) is 5.11 Å². The van der Waals surface area contributed by atoms with Crippen molar-refractivity contribution in [2.24, 2.45) is 0 Å². The molecule has 0 aromatic carbocycles. The van der Waals surface area contributed by atoms with Crippen molar-refractivity contribution in [3.05, 3.63) is 42.3 Å². The maximum Gasteiger partial charge on any atom is 0.265 e. The fraction of sp³-hybridized carbons (Fsp3) is 0.267. The zero-order valence-corrected chi connectivity index (χ0v) is 12.8. The smallest absolute Gasteiger partial charge is 0.265 e. The normalized spacial score (nSPS) is 17.6. The molecule has 1 N–H and O–H groups in total. The van der Waals surface area contributed by atoms with Gasteiger partial charge in [0, 0.05) is 25.0 Å². The van der Waals surface area contributed by atoms with E-state index in [0.29, 0.717) is 6.04 Å².